The van der Waals surface area contributed by atoms with Gasteiger partial charge in [0, 0.05) is 10.7 Å². The second-order valence-electron chi connectivity index (χ2n) is 5.63. The van der Waals surface area contributed by atoms with Gasteiger partial charge in [-0.15, -0.1) is 0 Å². The summed E-state index contributed by atoms with van der Waals surface area (Å²) in [6.07, 6.45) is -5.00. The van der Waals surface area contributed by atoms with E-state index in [-0.39, 0.29) is 23.1 Å². The van der Waals surface area contributed by atoms with Gasteiger partial charge in [-0.3, -0.25) is 9.59 Å². The van der Waals surface area contributed by atoms with Crippen LogP contribution in [0.3, 0.4) is 0 Å². The van der Waals surface area contributed by atoms with Gasteiger partial charge in [-0.05, 0) is 42.8 Å². The summed E-state index contributed by atoms with van der Waals surface area (Å²) in [4.78, 5) is 22.9. The van der Waals surface area contributed by atoms with Gasteiger partial charge in [-0.25, -0.2) is 5.43 Å². The van der Waals surface area contributed by atoms with Crippen LogP contribution in [0.15, 0.2) is 47.6 Å². The van der Waals surface area contributed by atoms with Gasteiger partial charge >= 0.3 is 12.1 Å². The number of ether oxygens (including phenoxy) is 1. The number of benzene rings is 2. The molecule has 0 aliphatic rings. The molecule has 2 aromatic carbocycles. The minimum absolute atomic E-state index is 0.0635. The molecule has 29 heavy (non-hydrogen) atoms. The molecule has 0 unspecified atom stereocenters. The Hall–Kier alpha value is -2.78. The molecule has 11 heteroatoms. The zero-order valence-electron chi connectivity index (χ0n) is 14.8. The Morgan fingerprint density at radius 1 is 1.14 bits per heavy atom. The zero-order valence-corrected chi connectivity index (χ0v) is 16.3. The maximum atomic E-state index is 12.3. The summed E-state index contributed by atoms with van der Waals surface area (Å²) in [6.45, 7) is 1.15. The van der Waals surface area contributed by atoms with Gasteiger partial charge in [0.25, 0.3) is 5.91 Å². The van der Waals surface area contributed by atoms with Crippen LogP contribution in [0.4, 0.5) is 18.9 Å². The van der Waals surface area contributed by atoms with E-state index in [9.17, 15) is 22.8 Å². The third kappa shape index (κ3) is 6.95. The predicted octanol–water partition coefficient (Wildman–Crippen LogP) is 4.41. The molecule has 0 aromatic heterocycles. The maximum absolute atomic E-state index is 12.3. The Balaban J connectivity index is 1.95. The van der Waals surface area contributed by atoms with Crippen molar-refractivity contribution in [3.05, 3.63) is 58.1 Å². The number of halogens is 5. The van der Waals surface area contributed by atoms with Crippen LogP contribution >= 0.6 is 23.2 Å². The third-order valence-electron chi connectivity index (χ3n) is 3.40. The number of anilines is 1. The summed E-state index contributed by atoms with van der Waals surface area (Å²) in [7, 11) is 0. The van der Waals surface area contributed by atoms with E-state index in [2.05, 4.69) is 10.5 Å². The molecule has 0 bridgehead atoms. The molecule has 2 amide bonds. The molecule has 0 radical (unpaired) electrons. The first kappa shape index (κ1) is 22.5. The van der Waals surface area contributed by atoms with Crippen molar-refractivity contribution in [2.45, 2.75) is 13.1 Å². The maximum Gasteiger partial charge on any atom is 0.471 e. The quantitative estimate of drug-likeness (QED) is 0.508. The molecular weight excluding hydrogens is 434 g/mol. The lowest BCUT2D eigenvalue weighted by molar-refractivity contribution is -0.167. The standard InChI is InChI=1S/C18H14Cl2F3N3O3/c1-10(11-3-2-4-13(7-11)24-17(28)18(21,22)23)25-26-16(27)9-29-15-6-5-12(19)8-14(15)20/h2-8H,9H2,1H3,(H,24,28)(H,26,27). The van der Waals surface area contributed by atoms with Crippen molar-refractivity contribution in [1.29, 1.82) is 0 Å². The lowest BCUT2D eigenvalue weighted by Crippen LogP contribution is -2.30. The van der Waals surface area contributed by atoms with Crippen molar-refractivity contribution in [3.63, 3.8) is 0 Å². The van der Waals surface area contributed by atoms with Gasteiger partial charge in [-0.1, -0.05) is 35.3 Å². The van der Waals surface area contributed by atoms with Gasteiger partial charge in [0.15, 0.2) is 6.61 Å². The van der Waals surface area contributed by atoms with Gasteiger partial charge in [0.2, 0.25) is 0 Å². The van der Waals surface area contributed by atoms with E-state index in [4.69, 9.17) is 27.9 Å². The predicted molar refractivity (Wildman–Crippen MR) is 103 cm³/mol. The normalized spacial score (nSPS) is 11.7. The largest absolute Gasteiger partial charge is 0.482 e. The topological polar surface area (TPSA) is 79.8 Å². The van der Waals surface area contributed by atoms with E-state index in [0.717, 1.165) is 0 Å². The highest BCUT2D eigenvalue weighted by Crippen LogP contribution is 2.27. The summed E-state index contributed by atoms with van der Waals surface area (Å²) in [5.41, 5.74) is 2.88. The lowest BCUT2D eigenvalue weighted by atomic mass is 10.1. The van der Waals surface area contributed by atoms with Gasteiger partial charge in [0.05, 0.1) is 10.7 Å². The van der Waals surface area contributed by atoms with Crippen molar-refractivity contribution >= 4 is 46.4 Å². The second-order valence-corrected chi connectivity index (χ2v) is 6.47. The average Bonchev–Trinajstić information content (AvgIpc) is 2.64. The molecule has 0 spiro atoms. The van der Waals surface area contributed by atoms with Gasteiger partial charge < -0.3 is 10.1 Å². The number of hydrogen-bond donors (Lipinski definition) is 2. The first-order valence-electron chi connectivity index (χ1n) is 7.96. The number of carbonyl (C=O) groups excluding carboxylic acids is 2. The first-order valence-corrected chi connectivity index (χ1v) is 8.71. The monoisotopic (exact) mass is 447 g/mol. The Morgan fingerprint density at radius 3 is 2.52 bits per heavy atom. The summed E-state index contributed by atoms with van der Waals surface area (Å²) in [5, 5.41) is 6.26. The molecule has 0 fully saturated rings. The molecule has 0 aliphatic heterocycles. The number of nitrogens with zero attached hydrogens (tertiary/aromatic N) is 1. The molecule has 0 saturated heterocycles. The summed E-state index contributed by atoms with van der Waals surface area (Å²) in [5.74, 6) is -2.41. The van der Waals surface area contributed by atoms with Crippen LogP contribution in [0.2, 0.25) is 10.0 Å². The van der Waals surface area contributed by atoms with E-state index >= 15 is 0 Å². The molecule has 0 heterocycles. The Labute approximate surface area is 173 Å². The van der Waals surface area contributed by atoms with E-state index in [0.29, 0.717) is 16.3 Å². The molecule has 0 aliphatic carbocycles. The number of alkyl halides is 3. The van der Waals surface area contributed by atoms with Crippen LogP contribution in [-0.4, -0.2) is 30.3 Å². The van der Waals surface area contributed by atoms with Crippen LogP contribution in [0, 0.1) is 0 Å². The van der Waals surface area contributed by atoms with Crippen LogP contribution in [0.5, 0.6) is 5.75 Å². The Morgan fingerprint density at radius 2 is 1.86 bits per heavy atom. The van der Waals surface area contributed by atoms with E-state index < -0.39 is 18.0 Å². The SMILES string of the molecule is CC(=NNC(=O)COc1ccc(Cl)cc1Cl)c1cccc(NC(=O)C(F)(F)F)c1. The van der Waals surface area contributed by atoms with Crippen molar-refractivity contribution in [1.82, 2.24) is 5.43 Å². The molecule has 2 N–H and O–H groups in total. The molecule has 6 nitrogen and oxygen atoms in total. The fourth-order valence-corrected chi connectivity index (χ4v) is 2.47. The number of amides is 2. The van der Waals surface area contributed by atoms with Crippen molar-refractivity contribution in [2.75, 3.05) is 11.9 Å². The lowest BCUT2D eigenvalue weighted by Gasteiger charge is -2.10. The van der Waals surface area contributed by atoms with E-state index in [1.165, 1.54) is 37.3 Å². The van der Waals surface area contributed by atoms with E-state index in [1.807, 2.05) is 0 Å². The Kier molecular flexibility index (Phi) is 7.46. The van der Waals surface area contributed by atoms with Crippen LogP contribution < -0.4 is 15.5 Å². The minimum atomic E-state index is -5.00. The van der Waals surface area contributed by atoms with Crippen molar-refractivity contribution in [3.8, 4) is 5.75 Å². The van der Waals surface area contributed by atoms with Gasteiger partial charge in [-0.2, -0.15) is 18.3 Å². The molecule has 2 aromatic rings. The fraction of sp³-hybridized carbons (Fsp3) is 0.167. The number of carbonyl (C=O) groups is 2. The molecule has 0 saturated carbocycles. The fourth-order valence-electron chi connectivity index (χ4n) is 2.00. The van der Waals surface area contributed by atoms with Gasteiger partial charge in [0.1, 0.15) is 5.75 Å². The van der Waals surface area contributed by atoms with E-state index in [1.54, 1.807) is 17.4 Å². The molecule has 2 rings (SSSR count). The van der Waals surface area contributed by atoms with Crippen LogP contribution in [0.1, 0.15) is 12.5 Å². The molecule has 154 valence electrons. The smallest absolute Gasteiger partial charge is 0.471 e. The highest BCUT2D eigenvalue weighted by molar-refractivity contribution is 6.35. The van der Waals surface area contributed by atoms with Crippen molar-refractivity contribution in [2.24, 2.45) is 5.10 Å². The number of hydrogen-bond acceptors (Lipinski definition) is 4. The summed E-state index contributed by atoms with van der Waals surface area (Å²) < 4.78 is 42.3. The number of nitrogens with one attached hydrogen (secondary N) is 2. The van der Waals surface area contributed by atoms with Crippen molar-refractivity contribution < 1.29 is 27.5 Å². The highest BCUT2D eigenvalue weighted by Gasteiger charge is 2.38. The third-order valence-corrected chi connectivity index (χ3v) is 3.93. The van der Waals surface area contributed by atoms with Crippen LogP contribution in [0.25, 0.3) is 0 Å². The number of hydrazone groups is 1. The Bertz CT molecular complexity index is 949. The molecule has 0 atom stereocenters. The van der Waals surface area contributed by atoms with Crippen LogP contribution in [-0.2, 0) is 9.59 Å². The summed E-state index contributed by atoms with van der Waals surface area (Å²) in [6, 6.07) is 10.1. The first-order chi connectivity index (χ1) is 13.6. The number of rotatable bonds is 6. The minimum Gasteiger partial charge on any atom is -0.482 e. The second kappa shape index (κ2) is 9.62. The molecular formula is C18H14Cl2F3N3O3. The summed E-state index contributed by atoms with van der Waals surface area (Å²) >= 11 is 11.7. The highest BCUT2D eigenvalue weighted by atomic mass is 35.5. The zero-order chi connectivity index (χ0) is 21.6. The average molecular weight is 448 g/mol.